The van der Waals surface area contributed by atoms with Crippen LogP contribution in [0, 0.1) is 0 Å². The Morgan fingerprint density at radius 3 is 2.46 bits per heavy atom. The van der Waals surface area contributed by atoms with Crippen molar-refractivity contribution in [1.29, 1.82) is 0 Å². The number of anilines is 1. The fraction of sp³-hybridized carbons (Fsp3) is 0.300. The van der Waals surface area contributed by atoms with Gasteiger partial charge in [-0.05, 0) is 49.7 Å². The molecular weight excluding hydrogens is 348 g/mol. The van der Waals surface area contributed by atoms with Crippen molar-refractivity contribution >= 4 is 29.3 Å². The zero-order valence-electron chi connectivity index (χ0n) is 15.2. The molecule has 0 aliphatic rings. The van der Waals surface area contributed by atoms with Crippen LogP contribution in [0.25, 0.3) is 0 Å². The maximum Gasteiger partial charge on any atom is 0.253 e. The molecule has 138 valence electrons. The molecule has 0 unspecified atom stereocenters. The van der Waals surface area contributed by atoms with E-state index in [1.165, 1.54) is 11.8 Å². The Hall–Kier alpha value is -2.47. The van der Waals surface area contributed by atoms with Crippen LogP contribution in [0.3, 0.4) is 0 Å². The molecule has 2 aromatic rings. The fourth-order valence-electron chi connectivity index (χ4n) is 2.20. The van der Waals surface area contributed by atoms with E-state index >= 15 is 0 Å². The Morgan fingerprint density at radius 1 is 1.12 bits per heavy atom. The van der Waals surface area contributed by atoms with Gasteiger partial charge in [-0.15, -0.1) is 11.8 Å². The lowest BCUT2D eigenvalue weighted by Crippen LogP contribution is -2.32. The maximum absolute atomic E-state index is 12.4. The predicted molar refractivity (Wildman–Crippen MR) is 106 cm³/mol. The van der Waals surface area contributed by atoms with Gasteiger partial charge in [-0.3, -0.25) is 9.59 Å². The lowest BCUT2D eigenvalue weighted by Gasteiger charge is -2.14. The number of rotatable bonds is 8. The Morgan fingerprint density at radius 2 is 1.81 bits per heavy atom. The molecule has 0 aliphatic carbocycles. The van der Waals surface area contributed by atoms with Crippen LogP contribution >= 0.6 is 11.8 Å². The molecule has 0 fully saturated rings. The van der Waals surface area contributed by atoms with E-state index in [4.69, 9.17) is 4.74 Å². The number of carbonyl (C=O) groups is 2. The minimum atomic E-state index is -0.182. The molecule has 0 radical (unpaired) electrons. The van der Waals surface area contributed by atoms with Gasteiger partial charge in [-0.2, -0.15) is 0 Å². The molecule has 0 spiro atoms. The highest BCUT2D eigenvalue weighted by atomic mass is 32.2. The summed E-state index contributed by atoms with van der Waals surface area (Å²) in [6, 6.07) is 14.6. The average molecular weight is 372 g/mol. The molecule has 0 bridgehead atoms. The van der Waals surface area contributed by atoms with E-state index in [0.29, 0.717) is 11.3 Å². The van der Waals surface area contributed by atoms with E-state index in [1.54, 1.807) is 31.4 Å². The van der Waals surface area contributed by atoms with Gasteiger partial charge in [-0.25, -0.2) is 0 Å². The van der Waals surface area contributed by atoms with Crippen molar-refractivity contribution in [3.63, 3.8) is 0 Å². The molecule has 0 aliphatic heterocycles. The molecular formula is C20H24N2O3S. The smallest absolute Gasteiger partial charge is 0.253 e. The minimum absolute atomic E-state index is 0.0804. The molecule has 6 heteroatoms. The van der Waals surface area contributed by atoms with Crippen LogP contribution in [0.15, 0.2) is 53.4 Å². The summed E-state index contributed by atoms with van der Waals surface area (Å²) in [7, 11) is 1.62. The molecule has 0 heterocycles. The molecule has 2 aromatic carbocycles. The molecule has 2 N–H and O–H groups in total. The Balaban J connectivity index is 1.96. The van der Waals surface area contributed by atoms with Gasteiger partial charge in [0.2, 0.25) is 5.91 Å². The minimum Gasteiger partial charge on any atom is -0.497 e. The summed E-state index contributed by atoms with van der Waals surface area (Å²) in [5, 5.41) is 5.75. The number of nitrogens with one attached hydrogen (secondary N) is 2. The number of para-hydroxylation sites is 1. The van der Waals surface area contributed by atoms with Crippen molar-refractivity contribution < 1.29 is 14.3 Å². The van der Waals surface area contributed by atoms with E-state index in [1.807, 2.05) is 38.1 Å². The van der Waals surface area contributed by atoms with Gasteiger partial charge in [0.15, 0.2) is 0 Å². The molecule has 26 heavy (non-hydrogen) atoms. The predicted octanol–water partition coefficient (Wildman–Crippen LogP) is 3.95. The second-order valence-electron chi connectivity index (χ2n) is 5.84. The van der Waals surface area contributed by atoms with Crippen LogP contribution in [-0.4, -0.2) is 30.7 Å². The number of thioether (sulfide) groups is 1. The van der Waals surface area contributed by atoms with Gasteiger partial charge >= 0.3 is 0 Å². The summed E-state index contributed by atoms with van der Waals surface area (Å²) >= 11 is 1.43. The first-order chi connectivity index (χ1) is 12.5. The fourth-order valence-corrected chi connectivity index (χ4v) is 2.90. The van der Waals surface area contributed by atoms with E-state index in [9.17, 15) is 9.59 Å². The molecule has 0 aromatic heterocycles. The number of ether oxygens (including phenoxy) is 1. The van der Waals surface area contributed by atoms with E-state index < -0.39 is 0 Å². The van der Waals surface area contributed by atoms with Gasteiger partial charge in [0, 0.05) is 10.9 Å². The van der Waals surface area contributed by atoms with Gasteiger partial charge in [-0.1, -0.05) is 19.1 Å². The van der Waals surface area contributed by atoms with Crippen molar-refractivity contribution in [1.82, 2.24) is 5.32 Å². The van der Waals surface area contributed by atoms with Crippen molar-refractivity contribution in [3.05, 3.63) is 54.1 Å². The summed E-state index contributed by atoms with van der Waals surface area (Å²) in [4.78, 5) is 25.6. The molecule has 2 amide bonds. The first kappa shape index (κ1) is 19.8. The van der Waals surface area contributed by atoms with Crippen molar-refractivity contribution in [2.45, 2.75) is 31.2 Å². The topological polar surface area (TPSA) is 67.4 Å². The van der Waals surface area contributed by atoms with E-state index in [2.05, 4.69) is 10.6 Å². The summed E-state index contributed by atoms with van der Waals surface area (Å²) in [5.74, 6) is 0.695. The lowest BCUT2D eigenvalue weighted by atomic mass is 10.1. The molecule has 5 nitrogen and oxygen atoms in total. The highest BCUT2D eigenvalue weighted by Crippen LogP contribution is 2.22. The largest absolute Gasteiger partial charge is 0.497 e. The number of carbonyl (C=O) groups excluding carboxylic acids is 2. The molecule has 0 saturated carbocycles. The summed E-state index contributed by atoms with van der Waals surface area (Å²) < 4.78 is 5.12. The number of hydrogen-bond acceptors (Lipinski definition) is 4. The van der Waals surface area contributed by atoms with Crippen LogP contribution < -0.4 is 15.4 Å². The zero-order chi connectivity index (χ0) is 18.9. The highest BCUT2D eigenvalue weighted by molar-refractivity contribution is 8.00. The van der Waals surface area contributed by atoms with Crippen molar-refractivity contribution in [3.8, 4) is 5.75 Å². The van der Waals surface area contributed by atoms with Gasteiger partial charge in [0.25, 0.3) is 5.91 Å². The van der Waals surface area contributed by atoms with Gasteiger partial charge in [0.1, 0.15) is 5.75 Å². The van der Waals surface area contributed by atoms with Crippen molar-refractivity contribution in [2.75, 3.05) is 18.2 Å². The number of benzene rings is 2. The summed E-state index contributed by atoms with van der Waals surface area (Å²) in [6.07, 6.45) is 0.846. The van der Waals surface area contributed by atoms with Crippen LogP contribution in [0.4, 0.5) is 5.69 Å². The van der Waals surface area contributed by atoms with E-state index in [0.717, 1.165) is 17.1 Å². The SMILES string of the molecule is CC[C@H](C)NC(=O)c1ccccc1NC(=O)CSc1ccc(OC)cc1. The zero-order valence-corrected chi connectivity index (χ0v) is 16.1. The third kappa shape index (κ3) is 5.81. The van der Waals surface area contributed by atoms with Gasteiger partial charge in [0.05, 0.1) is 24.1 Å². The lowest BCUT2D eigenvalue weighted by molar-refractivity contribution is -0.113. The number of methoxy groups -OCH3 is 1. The Bertz CT molecular complexity index is 747. The molecule has 2 rings (SSSR count). The average Bonchev–Trinajstić information content (AvgIpc) is 2.67. The van der Waals surface area contributed by atoms with Crippen LogP contribution in [0.5, 0.6) is 5.75 Å². The van der Waals surface area contributed by atoms with Crippen molar-refractivity contribution in [2.24, 2.45) is 0 Å². The van der Waals surface area contributed by atoms with Gasteiger partial charge < -0.3 is 15.4 Å². The third-order valence-corrected chi connectivity index (χ3v) is 4.88. The maximum atomic E-state index is 12.4. The molecule has 1 atom stereocenters. The third-order valence-electron chi connectivity index (χ3n) is 3.87. The Labute approximate surface area is 158 Å². The first-order valence-electron chi connectivity index (χ1n) is 8.50. The standard InChI is InChI=1S/C20H24N2O3S/c1-4-14(2)21-20(24)17-7-5-6-8-18(17)22-19(23)13-26-16-11-9-15(25-3)10-12-16/h5-12,14H,4,13H2,1-3H3,(H,21,24)(H,22,23)/t14-/m0/s1. The summed E-state index contributed by atoms with van der Waals surface area (Å²) in [6.45, 7) is 3.96. The summed E-state index contributed by atoms with van der Waals surface area (Å²) in [5.41, 5.74) is 0.990. The second-order valence-corrected chi connectivity index (χ2v) is 6.89. The monoisotopic (exact) mass is 372 g/mol. The van der Waals surface area contributed by atoms with Crippen LogP contribution in [-0.2, 0) is 4.79 Å². The number of amides is 2. The second kappa shape index (κ2) is 9.87. The quantitative estimate of drug-likeness (QED) is 0.689. The Kier molecular flexibility index (Phi) is 7.53. The van der Waals surface area contributed by atoms with E-state index in [-0.39, 0.29) is 23.6 Å². The highest BCUT2D eigenvalue weighted by Gasteiger charge is 2.14. The van der Waals surface area contributed by atoms with Crippen LogP contribution in [0.1, 0.15) is 30.6 Å². The molecule has 0 saturated heterocycles. The first-order valence-corrected chi connectivity index (χ1v) is 9.48. The number of hydrogen-bond donors (Lipinski definition) is 2. The van der Waals surface area contributed by atoms with Crippen LogP contribution in [0.2, 0.25) is 0 Å². The normalized spacial score (nSPS) is 11.5.